The normalized spacial score (nSPS) is 13.3. The van der Waals surface area contributed by atoms with Crippen LogP contribution in [0.1, 0.15) is 34.9 Å². The summed E-state index contributed by atoms with van der Waals surface area (Å²) >= 11 is 12.3. The largest absolute Gasteiger partial charge is 0.368 e. The quantitative estimate of drug-likeness (QED) is 0.380. The molecule has 0 spiro atoms. The molecule has 5 rings (SSSR count). The number of anilines is 1. The van der Waals surface area contributed by atoms with E-state index in [4.69, 9.17) is 33.2 Å². The first kappa shape index (κ1) is 20.7. The van der Waals surface area contributed by atoms with E-state index in [-0.39, 0.29) is 5.91 Å². The highest BCUT2D eigenvalue weighted by Gasteiger charge is 2.28. The first-order valence-corrected chi connectivity index (χ1v) is 11.1. The summed E-state index contributed by atoms with van der Waals surface area (Å²) < 4.78 is 1.78. The average Bonchev–Trinajstić information content (AvgIpc) is 3.55. The summed E-state index contributed by atoms with van der Waals surface area (Å²) in [7, 11) is 0. The van der Waals surface area contributed by atoms with Crippen molar-refractivity contribution in [1.82, 2.24) is 25.1 Å². The fourth-order valence-electron chi connectivity index (χ4n) is 3.48. The van der Waals surface area contributed by atoms with Crippen LogP contribution in [0.2, 0.25) is 10.0 Å². The molecule has 2 aromatic heterocycles. The summed E-state index contributed by atoms with van der Waals surface area (Å²) in [6.45, 7) is 0.908. The van der Waals surface area contributed by atoms with Gasteiger partial charge in [0.25, 0.3) is 5.91 Å². The van der Waals surface area contributed by atoms with Gasteiger partial charge in [0.05, 0.1) is 27.9 Å². The molecule has 1 aliphatic carbocycles. The minimum Gasteiger partial charge on any atom is -0.368 e. The van der Waals surface area contributed by atoms with E-state index in [1.807, 2.05) is 24.3 Å². The van der Waals surface area contributed by atoms with Gasteiger partial charge in [0.15, 0.2) is 5.65 Å². The number of benzene rings is 2. The predicted octanol–water partition coefficient (Wildman–Crippen LogP) is 4.84. The minimum atomic E-state index is -0.210. The number of hydrogen-bond acceptors (Lipinski definition) is 5. The predicted molar refractivity (Wildman–Crippen MR) is 126 cm³/mol. The van der Waals surface area contributed by atoms with Crippen molar-refractivity contribution in [3.63, 3.8) is 0 Å². The smallest absolute Gasteiger partial charge is 0.252 e. The number of fused-ring (bicyclic) bond motifs is 1. The van der Waals surface area contributed by atoms with Crippen molar-refractivity contribution in [3.05, 3.63) is 76.2 Å². The SMILES string of the molecule is O=C(NCCNc1nc(C2CC2)nc2c1cnn2-c1cccc(Cl)c1)c1ccccc1Cl. The Hall–Kier alpha value is -3.16. The molecule has 0 aliphatic heterocycles. The third-order valence-corrected chi connectivity index (χ3v) is 5.83. The second-order valence-electron chi connectivity index (χ2n) is 7.64. The van der Waals surface area contributed by atoms with Gasteiger partial charge in [0, 0.05) is 24.0 Å². The van der Waals surface area contributed by atoms with Gasteiger partial charge in [-0.15, -0.1) is 0 Å². The van der Waals surface area contributed by atoms with E-state index in [9.17, 15) is 4.79 Å². The van der Waals surface area contributed by atoms with Gasteiger partial charge in [0.2, 0.25) is 0 Å². The second-order valence-corrected chi connectivity index (χ2v) is 8.48. The Morgan fingerprint density at radius 2 is 1.91 bits per heavy atom. The second kappa shape index (κ2) is 8.76. The zero-order valence-corrected chi connectivity index (χ0v) is 18.6. The van der Waals surface area contributed by atoms with E-state index >= 15 is 0 Å². The molecule has 1 amide bonds. The van der Waals surface area contributed by atoms with Crippen LogP contribution in [0.15, 0.2) is 54.7 Å². The van der Waals surface area contributed by atoms with Gasteiger partial charge < -0.3 is 10.6 Å². The minimum absolute atomic E-state index is 0.210. The molecule has 0 bridgehead atoms. The number of hydrogen-bond donors (Lipinski definition) is 2. The summed E-state index contributed by atoms with van der Waals surface area (Å²) in [6, 6.07) is 14.5. The van der Waals surface area contributed by atoms with Gasteiger partial charge in [-0.1, -0.05) is 41.4 Å². The first-order valence-electron chi connectivity index (χ1n) is 10.4. The van der Waals surface area contributed by atoms with E-state index in [1.54, 1.807) is 35.1 Å². The van der Waals surface area contributed by atoms with Crippen molar-refractivity contribution in [2.24, 2.45) is 0 Å². The molecule has 32 heavy (non-hydrogen) atoms. The molecular weight excluding hydrogens is 447 g/mol. The fraction of sp³-hybridized carbons (Fsp3) is 0.217. The Kier molecular flexibility index (Phi) is 5.68. The molecule has 0 atom stereocenters. The summed E-state index contributed by atoms with van der Waals surface area (Å²) in [5.41, 5.74) is 2.02. The highest BCUT2D eigenvalue weighted by Crippen LogP contribution is 2.39. The lowest BCUT2D eigenvalue weighted by molar-refractivity contribution is 0.0955. The maximum atomic E-state index is 12.4. The maximum absolute atomic E-state index is 12.4. The molecule has 2 aromatic carbocycles. The van der Waals surface area contributed by atoms with Crippen molar-refractivity contribution >= 4 is 46.0 Å². The fourth-order valence-corrected chi connectivity index (χ4v) is 3.88. The molecule has 2 heterocycles. The molecule has 162 valence electrons. The number of nitrogens with zero attached hydrogens (tertiary/aromatic N) is 4. The Bertz CT molecular complexity index is 1300. The standard InChI is InChI=1S/C23H20Cl2N6O/c24-15-4-3-5-16(12-15)31-22-18(13-28-31)21(29-20(30-22)14-8-9-14)26-10-11-27-23(32)17-6-1-2-7-19(17)25/h1-7,12-14H,8-11H2,(H,27,32)(H,26,29,30). The molecule has 0 saturated heterocycles. The van der Waals surface area contributed by atoms with Crippen LogP contribution in [0, 0.1) is 0 Å². The van der Waals surface area contributed by atoms with Gasteiger partial charge in [-0.05, 0) is 43.2 Å². The number of aromatic nitrogens is 4. The number of nitrogens with one attached hydrogen (secondary N) is 2. The van der Waals surface area contributed by atoms with Crippen LogP contribution in [0.3, 0.4) is 0 Å². The Labute approximate surface area is 194 Å². The van der Waals surface area contributed by atoms with Crippen LogP contribution in [-0.4, -0.2) is 38.7 Å². The van der Waals surface area contributed by atoms with Crippen LogP contribution >= 0.6 is 23.2 Å². The molecule has 1 aliphatic rings. The van der Waals surface area contributed by atoms with Gasteiger partial charge in [-0.25, -0.2) is 14.6 Å². The molecule has 4 aromatic rings. The van der Waals surface area contributed by atoms with E-state index in [0.29, 0.717) is 40.4 Å². The topological polar surface area (TPSA) is 84.7 Å². The lowest BCUT2D eigenvalue weighted by Gasteiger charge is -2.11. The third kappa shape index (κ3) is 4.26. The molecule has 9 heteroatoms. The lowest BCUT2D eigenvalue weighted by Crippen LogP contribution is -2.29. The maximum Gasteiger partial charge on any atom is 0.252 e. The molecular formula is C23H20Cl2N6O. The highest BCUT2D eigenvalue weighted by molar-refractivity contribution is 6.33. The van der Waals surface area contributed by atoms with E-state index in [0.717, 1.165) is 35.4 Å². The molecule has 0 unspecified atom stereocenters. The summed E-state index contributed by atoms with van der Waals surface area (Å²) in [5.74, 6) is 1.68. The summed E-state index contributed by atoms with van der Waals surface area (Å²) in [6.07, 6.45) is 3.92. The molecule has 7 nitrogen and oxygen atoms in total. The molecule has 1 saturated carbocycles. The van der Waals surface area contributed by atoms with Crippen LogP contribution < -0.4 is 10.6 Å². The number of rotatable bonds is 7. The zero-order chi connectivity index (χ0) is 22.1. The molecule has 2 N–H and O–H groups in total. The van der Waals surface area contributed by atoms with Crippen molar-refractivity contribution in [2.45, 2.75) is 18.8 Å². The number of carbonyl (C=O) groups excluding carboxylic acids is 1. The molecule has 1 fully saturated rings. The number of amides is 1. The monoisotopic (exact) mass is 466 g/mol. The van der Waals surface area contributed by atoms with Crippen LogP contribution in [0.25, 0.3) is 16.7 Å². The van der Waals surface area contributed by atoms with Gasteiger partial charge in [-0.2, -0.15) is 5.10 Å². The van der Waals surface area contributed by atoms with Crippen molar-refractivity contribution < 1.29 is 4.79 Å². The zero-order valence-electron chi connectivity index (χ0n) is 17.1. The van der Waals surface area contributed by atoms with Crippen LogP contribution in [-0.2, 0) is 0 Å². The lowest BCUT2D eigenvalue weighted by atomic mass is 10.2. The van der Waals surface area contributed by atoms with Crippen LogP contribution in [0.5, 0.6) is 0 Å². The van der Waals surface area contributed by atoms with E-state index in [2.05, 4.69) is 15.7 Å². The Morgan fingerprint density at radius 3 is 2.69 bits per heavy atom. The van der Waals surface area contributed by atoms with E-state index < -0.39 is 0 Å². The van der Waals surface area contributed by atoms with Crippen molar-refractivity contribution in [2.75, 3.05) is 18.4 Å². The Balaban J connectivity index is 1.35. The summed E-state index contributed by atoms with van der Waals surface area (Å²) in [4.78, 5) is 21.9. The van der Waals surface area contributed by atoms with Crippen molar-refractivity contribution in [1.29, 1.82) is 0 Å². The highest BCUT2D eigenvalue weighted by atomic mass is 35.5. The first-order chi connectivity index (χ1) is 15.6. The van der Waals surface area contributed by atoms with Gasteiger partial charge in [-0.3, -0.25) is 4.79 Å². The van der Waals surface area contributed by atoms with Crippen LogP contribution in [0.4, 0.5) is 5.82 Å². The molecule has 0 radical (unpaired) electrons. The van der Waals surface area contributed by atoms with Crippen molar-refractivity contribution in [3.8, 4) is 5.69 Å². The van der Waals surface area contributed by atoms with E-state index in [1.165, 1.54) is 0 Å². The van der Waals surface area contributed by atoms with Gasteiger partial charge >= 0.3 is 0 Å². The Morgan fingerprint density at radius 1 is 1.06 bits per heavy atom. The van der Waals surface area contributed by atoms with Gasteiger partial charge in [0.1, 0.15) is 11.6 Å². The summed E-state index contributed by atoms with van der Waals surface area (Å²) in [5, 5.41) is 12.6. The average molecular weight is 467 g/mol. The number of halogens is 2. The third-order valence-electron chi connectivity index (χ3n) is 5.26. The number of carbonyl (C=O) groups is 1.